The van der Waals surface area contributed by atoms with Crippen LogP contribution in [0.1, 0.15) is 355 Å². The molecule has 0 radical (unpaired) electrons. The number of hydrogen-bond acceptors (Lipinski definition) is 6. The van der Waals surface area contributed by atoms with Crippen molar-refractivity contribution >= 4 is 17.9 Å². The van der Waals surface area contributed by atoms with E-state index in [0.29, 0.717) is 19.3 Å². The molecule has 0 saturated carbocycles. The summed E-state index contributed by atoms with van der Waals surface area (Å²) in [6, 6.07) is 0. The Hall–Kier alpha value is -2.37. The van der Waals surface area contributed by atoms with Gasteiger partial charge in [-0.15, -0.1) is 0 Å². The molecule has 0 bridgehead atoms. The fourth-order valence-corrected chi connectivity index (χ4v) is 9.71. The Kier molecular flexibility index (Phi) is 60.2. The number of esters is 3. The highest BCUT2D eigenvalue weighted by molar-refractivity contribution is 5.71. The van der Waals surface area contributed by atoms with Gasteiger partial charge in [0.05, 0.1) is 0 Å². The highest BCUT2D eigenvalue weighted by atomic mass is 16.6. The van der Waals surface area contributed by atoms with Crippen molar-refractivity contribution in [3.8, 4) is 0 Å². The van der Waals surface area contributed by atoms with Crippen molar-refractivity contribution in [2.75, 3.05) is 13.2 Å². The molecule has 0 aliphatic rings. The van der Waals surface area contributed by atoms with Crippen molar-refractivity contribution in [1.29, 1.82) is 0 Å². The number of ether oxygens (including phenoxy) is 3. The Morgan fingerprint density at radius 3 is 0.795 bits per heavy atom. The molecule has 0 unspecified atom stereocenters. The SMILES string of the molecule is CCCCC/C=C\C/C=C\CCCCCCCCCCCC(=O)OC[C@H](COC(=O)CCCCCCC/C=C\CCCCCCCC)OC(=O)CCCCCCCCCCCCCCCCCCCCCCC. The van der Waals surface area contributed by atoms with E-state index in [1.807, 2.05) is 0 Å². The first kappa shape index (κ1) is 70.6. The third-order valence-electron chi connectivity index (χ3n) is 14.6. The van der Waals surface area contributed by atoms with E-state index in [1.165, 1.54) is 244 Å². The first-order chi connectivity index (χ1) is 36.0. The van der Waals surface area contributed by atoms with E-state index in [2.05, 4.69) is 57.2 Å². The highest BCUT2D eigenvalue weighted by Crippen LogP contribution is 2.18. The van der Waals surface area contributed by atoms with Gasteiger partial charge in [0.25, 0.3) is 0 Å². The summed E-state index contributed by atoms with van der Waals surface area (Å²) in [6.07, 6.45) is 75.8. The summed E-state index contributed by atoms with van der Waals surface area (Å²) in [6.45, 7) is 6.66. The minimum Gasteiger partial charge on any atom is -0.462 e. The Labute approximate surface area is 455 Å². The van der Waals surface area contributed by atoms with Crippen LogP contribution in [0, 0.1) is 0 Å². The summed E-state index contributed by atoms with van der Waals surface area (Å²) in [5.41, 5.74) is 0. The van der Waals surface area contributed by atoms with Crippen molar-refractivity contribution in [3.63, 3.8) is 0 Å². The third kappa shape index (κ3) is 60.4. The fourth-order valence-electron chi connectivity index (χ4n) is 9.71. The Morgan fingerprint density at radius 2 is 0.493 bits per heavy atom. The summed E-state index contributed by atoms with van der Waals surface area (Å²) in [4.78, 5) is 38.3. The first-order valence-corrected chi connectivity index (χ1v) is 32.5. The minimum absolute atomic E-state index is 0.0729. The zero-order chi connectivity index (χ0) is 52.9. The van der Waals surface area contributed by atoms with Gasteiger partial charge in [-0.05, 0) is 77.0 Å². The molecule has 0 aromatic carbocycles. The summed E-state index contributed by atoms with van der Waals surface area (Å²) in [5, 5.41) is 0. The Bertz CT molecular complexity index is 1220. The van der Waals surface area contributed by atoms with Gasteiger partial charge in [-0.1, -0.05) is 295 Å². The van der Waals surface area contributed by atoms with Crippen molar-refractivity contribution in [2.24, 2.45) is 0 Å². The molecule has 73 heavy (non-hydrogen) atoms. The summed E-state index contributed by atoms with van der Waals surface area (Å²) in [5.74, 6) is -0.860. The predicted molar refractivity (Wildman–Crippen MR) is 316 cm³/mol. The summed E-state index contributed by atoms with van der Waals surface area (Å²) in [7, 11) is 0. The number of allylic oxidation sites excluding steroid dienone is 6. The normalized spacial score (nSPS) is 12.2. The maximum absolute atomic E-state index is 12.9. The average Bonchev–Trinajstić information content (AvgIpc) is 3.39. The van der Waals surface area contributed by atoms with Crippen LogP contribution in [-0.2, 0) is 28.6 Å². The van der Waals surface area contributed by atoms with Crippen LogP contribution in [0.4, 0.5) is 0 Å². The van der Waals surface area contributed by atoms with Crippen molar-refractivity contribution < 1.29 is 28.6 Å². The number of hydrogen-bond donors (Lipinski definition) is 0. The number of unbranched alkanes of at least 4 members (excludes halogenated alkanes) is 43. The second kappa shape index (κ2) is 62.2. The lowest BCUT2D eigenvalue weighted by Crippen LogP contribution is -2.30. The molecule has 6 nitrogen and oxygen atoms in total. The van der Waals surface area contributed by atoms with Gasteiger partial charge in [-0.3, -0.25) is 14.4 Å². The highest BCUT2D eigenvalue weighted by Gasteiger charge is 2.19. The average molecular weight is 1030 g/mol. The summed E-state index contributed by atoms with van der Waals surface area (Å²) < 4.78 is 16.9. The molecule has 0 rings (SSSR count). The quantitative estimate of drug-likeness (QED) is 0.0261. The molecule has 0 N–H and O–H groups in total. The maximum atomic E-state index is 12.9. The van der Waals surface area contributed by atoms with Gasteiger partial charge in [-0.25, -0.2) is 0 Å². The maximum Gasteiger partial charge on any atom is 0.306 e. The molecular weight excluding hydrogens is 901 g/mol. The van der Waals surface area contributed by atoms with Crippen LogP contribution in [0.3, 0.4) is 0 Å². The zero-order valence-corrected chi connectivity index (χ0v) is 49.2. The van der Waals surface area contributed by atoms with E-state index in [1.54, 1.807) is 0 Å². The molecule has 6 heteroatoms. The second-order valence-electron chi connectivity index (χ2n) is 22.0. The first-order valence-electron chi connectivity index (χ1n) is 32.5. The van der Waals surface area contributed by atoms with E-state index in [-0.39, 0.29) is 31.1 Å². The van der Waals surface area contributed by atoms with Gasteiger partial charge in [0.1, 0.15) is 13.2 Å². The number of rotatable bonds is 60. The Morgan fingerprint density at radius 1 is 0.274 bits per heavy atom. The fraction of sp³-hybridized carbons (Fsp3) is 0.866. The lowest BCUT2D eigenvalue weighted by molar-refractivity contribution is -0.167. The second-order valence-corrected chi connectivity index (χ2v) is 22.0. The molecule has 0 aliphatic carbocycles. The van der Waals surface area contributed by atoms with E-state index in [4.69, 9.17) is 14.2 Å². The van der Waals surface area contributed by atoms with Gasteiger partial charge >= 0.3 is 17.9 Å². The molecular formula is C67H124O6. The standard InChI is InChI=1S/C67H124O6/c1-4-7-10-13-16-19-22-25-28-30-32-33-35-37-40-43-46-49-52-55-58-61-67(70)73-64(62-71-65(68)59-56-53-50-47-44-41-38-27-24-21-18-15-12-9-6-3)63-72-66(69)60-57-54-51-48-45-42-39-36-34-31-29-26-23-20-17-14-11-8-5-2/h17,20,26-27,29,38,64H,4-16,18-19,21-25,28,30-37,39-63H2,1-3H3/b20-17-,29-26-,38-27-/t64-/m0/s1. The largest absolute Gasteiger partial charge is 0.462 e. The molecule has 1 atom stereocenters. The number of carbonyl (C=O) groups excluding carboxylic acids is 3. The van der Waals surface area contributed by atoms with E-state index in [9.17, 15) is 14.4 Å². The molecule has 0 aromatic rings. The summed E-state index contributed by atoms with van der Waals surface area (Å²) >= 11 is 0. The van der Waals surface area contributed by atoms with E-state index >= 15 is 0 Å². The van der Waals surface area contributed by atoms with Crippen LogP contribution in [0.5, 0.6) is 0 Å². The molecule has 0 fully saturated rings. The Balaban J connectivity index is 4.32. The van der Waals surface area contributed by atoms with Crippen LogP contribution >= 0.6 is 0 Å². The van der Waals surface area contributed by atoms with Crippen molar-refractivity contribution in [3.05, 3.63) is 36.5 Å². The third-order valence-corrected chi connectivity index (χ3v) is 14.6. The molecule has 0 amide bonds. The topological polar surface area (TPSA) is 78.9 Å². The zero-order valence-electron chi connectivity index (χ0n) is 49.2. The van der Waals surface area contributed by atoms with Gasteiger partial charge in [-0.2, -0.15) is 0 Å². The smallest absolute Gasteiger partial charge is 0.306 e. The molecule has 0 spiro atoms. The predicted octanol–water partition coefficient (Wildman–Crippen LogP) is 22.0. The van der Waals surface area contributed by atoms with Crippen molar-refractivity contribution in [1.82, 2.24) is 0 Å². The van der Waals surface area contributed by atoms with Crippen LogP contribution in [0.2, 0.25) is 0 Å². The molecule has 0 saturated heterocycles. The van der Waals surface area contributed by atoms with Crippen LogP contribution in [0.15, 0.2) is 36.5 Å². The van der Waals surface area contributed by atoms with Gasteiger partial charge in [0.15, 0.2) is 6.10 Å². The van der Waals surface area contributed by atoms with Crippen LogP contribution in [0.25, 0.3) is 0 Å². The minimum atomic E-state index is -0.775. The van der Waals surface area contributed by atoms with Crippen LogP contribution in [-0.4, -0.2) is 37.2 Å². The van der Waals surface area contributed by atoms with Gasteiger partial charge in [0.2, 0.25) is 0 Å². The van der Waals surface area contributed by atoms with Gasteiger partial charge < -0.3 is 14.2 Å². The van der Waals surface area contributed by atoms with E-state index in [0.717, 1.165) is 70.6 Å². The van der Waals surface area contributed by atoms with Crippen LogP contribution < -0.4 is 0 Å². The van der Waals surface area contributed by atoms with Gasteiger partial charge in [0, 0.05) is 19.3 Å². The molecule has 0 heterocycles. The van der Waals surface area contributed by atoms with E-state index < -0.39 is 6.10 Å². The van der Waals surface area contributed by atoms with Crippen molar-refractivity contribution in [2.45, 2.75) is 361 Å². The molecule has 428 valence electrons. The number of carbonyl (C=O) groups is 3. The molecule has 0 aromatic heterocycles. The monoisotopic (exact) mass is 1020 g/mol. The lowest BCUT2D eigenvalue weighted by Gasteiger charge is -2.18. The molecule has 0 aliphatic heterocycles. The lowest BCUT2D eigenvalue weighted by atomic mass is 10.0.